The Morgan fingerprint density at radius 3 is 2.80 bits per heavy atom. The highest BCUT2D eigenvalue weighted by molar-refractivity contribution is 5.85. The molecule has 3 aromatic rings. The first-order valence-electron chi connectivity index (χ1n) is 10.1. The molecular weight excluding hydrogens is 382 g/mol. The molecule has 1 aromatic carbocycles. The molecule has 2 amide bonds. The van der Waals surface area contributed by atoms with Crippen LogP contribution in [0, 0.1) is 13.8 Å². The zero-order chi connectivity index (χ0) is 21.1. The van der Waals surface area contributed by atoms with Crippen LogP contribution in [0.1, 0.15) is 35.4 Å². The van der Waals surface area contributed by atoms with E-state index in [1.807, 2.05) is 36.9 Å². The second kappa shape index (κ2) is 8.48. The molecule has 4 rings (SSSR count). The van der Waals surface area contributed by atoms with Crippen LogP contribution in [0.15, 0.2) is 30.6 Å². The molecule has 30 heavy (non-hydrogen) atoms. The molecule has 0 spiro atoms. The molecule has 1 aliphatic heterocycles. The first-order chi connectivity index (χ1) is 14.5. The molecule has 2 aromatic heterocycles. The van der Waals surface area contributed by atoms with Gasteiger partial charge in [0.15, 0.2) is 0 Å². The van der Waals surface area contributed by atoms with Crippen molar-refractivity contribution in [2.24, 2.45) is 0 Å². The van der Waals surface area contributed by atoms with Gasteiger partial charge in [-0.25, -0.2) is 9.50 Å². The standard InChI is InChI=1S/C21H25N7O2/c1-14-17(15(2)28-21(24-14)22-13-23-28)9-10-19(29)25-26-20(30)12-27-11-5-7-16-6-3-4-8-18(16)27/h3-4,6,8,13H,5,7,9-12H2,1-2H3,(H,25,29)(H,26,30). The van der Waals surface area contributed by atoms with Gasteiger partial charge in [-0.15, -0.1) is 0 Å². The summed E-state index contributed by atoms with van der Waals surface area (Å²) in [7, 11) is 0. The van der Waals surface area contributed by atoms with Crippen molar-refractivity contribution < 1.29 is 9.59 Å². The Labute approximate surface area is 174 Å². The molecule has 156 valence electrons. The van der Waals surface area contributed by atoms with Gasteiger partial charge in [-0.2, -0.15) is 10.1 Å². The van der Waals surface area contributed by atoms with Crippen LogP contribution in [0.25, 0.3) is 5.78 Å². The fraction of sp³-hybridized carbons (Fsp3) is 0.381. The van der Waals surface area contributed by atoms with Crippen LogP contribution in [0.3, 0.4) is 0 Å². The highest BCUT2D eigenvalue weighted by Crippen LogP contribution is 2.26. The van der Waals surface area contributed by atoms with Crippen LogP contribution in [-0.2, 0) is 22.4 Å². The lowest BCUT2D eigenvalue weighted by atomic mass is 10.0. The van der Waals surface area contributed by atoms with Crippen molar-refractivity contribution in [1.29, 1.82) is 0 Å². The Kier molecular flexibility index (Phi) is 5.60. The molecule has 9 nitrogen and oxygen atoms in total. The number of para-hydroxylation sites is 1. The van der Waals surface area contributed by atoms with Gasteiger partial charge < -0.3 is 4.90 Å². The van der Waals surface area contributed by atoms with Crippen molar-refractivity contribution in [3.05, 3.63) is 53.1 Å². The van der Waals surface area contributed by atoms with Crippen LogP contribution in [-0.4, -0.2) is 44.5 Å². The van der Waals surface area contributed by atoms with Gasteiger partial charge in [0.05, 0.1) is 6.54 Å². The quantitative estimate of drug-likeness (QED) is 0.618. The Bertz CT molecular complexity index is 1090. The van der Waals surface area contributed by atoms with Crippen molar-refractivity contribution in [3.63, 3.8) is 0 Å². The van der Waals surface area contributed by atoms with Crippen molar-refractivity contribution >= 4 is 23.3 Å². The predicted octanol–water partition coefficient (Wildman–Crippen LogP) is 1.27. The van der Waals surface area contributed by atoms with E-state index in [1.54, 1.807) is 4.52 Å². The number of aryl methyl sites for hydroxylation is 3. The number of rotatable bonds is 5. The van der Waals surface area contributed by atoms with Gasteiger partial charge >= 0.3 is 0 Å². The highest BCUT2D eigenvalue weighted by Gasteiger charge is 2.19. The first kappa shape index (κ1) is 19.8. The van der Waals surface area contributed by atoms with Crippen molar-refractivity contribution in [2.75, 3.05) is 18.0 Å². The number of carbonyl (C=O) groups excluding carboxylic acids is 2. The third kappa shape index (κ3) is 4.10. The number of hydrogen-bond donors (Lipinski definition) is 2. The maximum absolute atomic E-state index is 12.3. The second-order valence-electron chi connectivity index (χ2n) is 7.48. The van der Waals surface area contributed by atoms with E-state index in [4.69, 9.17) is 0 Å². The van der Waals surface area contributed by atoms with Gasteiger partial charge in [0.25, 0.3) is 11.7 Å². The highest BCUT2D eigenvalue weighted by atomic mass is 16.2. The largest absolute Gasteiger partial charge is 0.362 e. The summed E-state index contributed by atoms with van der Waals surface area (Å²) in [5.41, 5.74) is 10.1. The van der Waals surface area contributed by atoms with Gasteiger partial charge in [0.2, 0.25) is 5.91 Å². The van der Waals surface area contributed by atoms with Gasteiger partial charge in [-0.05, 0) is 50.3 Å². The molecule has 2 N–H and O–H groups in total. The molecule has 0 atom stereocenters. The molecule has 0 unspecified atom stereocenters. The SMILES string of the molecule is Cc1nc2ncnn2c(C)c1CCC(=O)NNC(=O)CN1CCCc2ccccc21. The Morgan fingerprint density at radius 2 is 1.93 bits per heavy atom. The second-order valence-corrected chi connectivity index (χ2v) is 7.48. The van der Waals surface area contributed by atoms with E-state index < -0.39 is 0 Å². The summed E-state index contributed by atoms with van der Waals surface area (Å²) in [5, 5.41) is 4.16. The summed E-state index contributed by atoms with van der Waals surface area (Å²) in [5.74, 6) is 0.0581. The fourth-order valence-corrected chi connectivity index (χ4v) is 3.95. The molecule has 0 aliphatic carbocycles. The average molecular weight is 407 g/mol. The van der Waals surface area contributed by atoms with Gasteiger partial charge in [0.1, 0.15) is 6.33 Å². The summed E-state index contributed by atoms with van der Waals surface area (Å²) >= 11 is 0. The van der Waals surface area contributed by atoms with E-state index >= 15 is 0 Å². The Hall–Kier alpha value is -3.49. The minimum atomic E-state index is -0.250. The van der Waals surface area contributed by atoms with Gasteiger partial charge in [-0.1, -0.05) is 18.2 Å². The van der Waals surface area contributed by atoms with E-state index in [0.717, 1.165) is 42.0 Å². The number of aromatic nitrogens is 4. The van der Waals surface area contributed by atoms with E-state index in [2.05, 4.69) is 32.0 Å². The maximum atomic E-state index is 12.3. The van der Waals surface area contributed by atoms with Crippen LogP contribution >= 0.6 is 0 Å². The van der Waals surface area contributed by atoms with E-state index in [9.17, 15) is 9.59 Å². The van der Waals surface area contributed by atoms with E-state index in [1.165, 1.54) is 11.9 Å². The monoisotopic (exact) mass is 407 g/mol. The zero-order valence-electron chi connectivity index (χ0n) is 17.2. The summed E-state index contributed by atoms with van der Waals surface area (Å²) in [6.45, 7) is 4.87. The van der Waals surface area contributed by atoms with Crippen LogP contribution in [0.2, 0.25) is 0 Å². The third-order valence-corrected chi connectivity index (χ3v) is 5.47. The lowest BCUT2D eigenvalue weighted by molar-refractivity contribution is -0.128. The smallest absolute Gasteiger partial charge is 0.257 e. The topological polar surface area (TPSA) is 105 Å². The van der Waals surface area contributed by atoms with Crippen molar-refractivity contribution in [3.8, 4) is 0 Å². The lowest BCUT2D eigenvalue weighted by Crippen LogP contribution is -2.47. The third-order valence-electron chi connectivity index (χ3n) is 5.47. The number of carbonyl (C=O) groups is 2. The summed E-state index contributed by atoms with van der Waals surface area (Å²) in [4.78, 5) is 35.1. The molecule has 1 aliphatic rings. The summed E-state index contributed by atoms with van der Waals surface area (Å²) in [6.07, 6.45) is 4.23. The summed E-state index contributed by atoms with van der Waals surface area (Å²) < 4.78 is 1.67. The minimum absolute atomic E-state index is 0.211. The van der Waals surface area contributed by atoms with Crippen LogP contribution in [0.5, 0.6) is 0 Å². The van der Waals surface area contributed by atoms with Crippen LogP contribution < -0.4 is 15.8 Å². The van der Waals surface area contributed by atoms with Gasteiger partial charge in [0, 0.05) is 30.0 Å². The predicted molar refractivity (Wildman–Crippen MR) is 112 cm³/mol. The molecule has 0 bridgehead atoms. The normalized spacial score (nSPS) is 13.2. The molecule has 0 saturated carbocycles. The number of hydrazine groups is 1. The summed E-state index contributed by atoms with van der Waals surface area (Å²) in [6, 6.07) is 8.12. The number of nitrogens with zero attached hydrogens (tertiary/aromatic N) is 5. The Morgan fingerprint density at radius 1 is 1.13 bits per heavy atom. The zero-order valence-corrected chi connectivity index (χ0v) is 17.2. The number of anilines is 1. The number of fused-ring (bicyclic) bond motifs is 2. The van der Waals surface area contributed by atoms with Crippen molar-refractivity contribution in [1.82, 2.24) is 30.4 Å². The van der Waals surface area contributed by atoms with Gasteiger partial charge in [-0.3, -0.25) is 20.4 Å². The molecule has 0 fully saturated rings. The minimum Gasteiger partial charge on any atom is -0.362 e. The lowest BCUT2D eigenvalue weighted by Gasteiger charge is -2.30. The first-order valence-corrected chi connectivity index (χ1v) is 10.1. The molecule has 0 radical (unpaired) electrons. The fourth-order valence-electron chi connectivity index (χ4n) is 3.95. The number of benzene rings is 1. The average Bonchev–Trinajstić information content (AvgIpc) is 3.21. The van der Waals surface area contributed by atoms with E-state index in [0.29, 0.717) is 12.2 Å². The Balaban J connectivity index is 1.29. The maximum Gasteiger partial charge on any atom is 0.257 e. The van der Waals surface area contributed by atoms with Crippen molar-refractivity contribution in [2.45, 2.75) is 39.5 Å². The molecule has 0 saturated heterocycles. The number of hydrogen-bond acceptors (Lipinski definition) is 6. The number of amides is 2. The molecule has 3 heterocycles. The van der Waals surface area contributed by atoms with E-state index in [-0.39, 0.29) is 24.8 Å². The number of nitrogens with one attached hydrogen (secondary N) is 2. The van der Waals surface area contributed by atoms with Crippen LogP contribution in [0.4, 0.5) is 5.69 Å². The molecular formula is C21H25N7O2. The molecule has 9 heteroatoms.